The summed E-state index contributed by atoms with van der Waals surface area (Å²) in [7, 11) is 1.78. The van der Waals surface area contributed by atoms with Crippen molar-refractivity contribution in [2.75, 3.05) is 39.8 Å². The maximum atomic E-state index is 13.5. The standard InChI is InChI=1S/C28H35N5O4.C2HF3O2/c1-4-33(5-2)28(37)21-8-6-7-20(15-21)25(18-32-12-11-22(34)17-32)31(3)27(36)14-19-9-10-23-24(13-19)30-26(35)16-29-23;3-2(4,5)1(6)7/h6-10,13,15-16,22,25,34H,4-5,11-12,14,17-18H2,1-3H3,(H,30,35);(H,6,7)/t22-,25-;/m1./s1. The molecule has 238 valence electrons. The number of aromatic nitrogens is 2. The van der Waals surface area contributed by atoms with Gasteiger partial charge in [0.05, 0.1) is 35.8 Å². The van der Waals surface area contributed by atoms with E-state index in [9.17, 15) is 32.7 Å². The number of aliphatic carboxylic acids is 1. The minimum absolute atomic E-state index is 0.0325. The Labute approximate surface area is 251 Å². The van der Waals surface area contributed by atoms with E-state index in [-0.39, 0.29) is 35.9 Å². The van der Waals surface area contributed by atoms with Crippen molar-refractivity contribution < 1.29 is 37.8 Å². The zero-order chi connectivity index (χ0) is 32.6. The molecule has 0 radical (unpaired) electrons. The lowest BCUT2D eigenvalue weighted by molar-refractivity contribution is -0.192. The first-order chi connectivity index (χ1) is 20.7. The van der Waals surface area contributed by atoms with Crippen molar-refractivity contribution >= 4 is 28.8 Å². The van der Waals surface area contributed by atoms with Crippen LogP contribution in [0.4, 0.5) is 13.2 Å². The minimum Gasteiger partial charge on any atom is -0.475 e. The van der Waals surface area contributed by atoms with Crippen LogP contribution in [-0.2, 0) is 16.0 Å². The zero-order valence-electron chi connectivity index (χ0n) is 24.7. The highest BCUT2D eigenvalue weighted by Gasteiger charge is 2.38. The topological polar surface area (TPSA) is 147 Å². The van der Waals surface area contributed by atoms with Crippen LogP contribution in [0.15, 0.2) is 53.5 Å². The van der Waals surface area contributed by atoms with Gasteiger partial charge in [0.1, 0.15) is 0 Å². The first kappa shape index (κ1) is 34.2. The maximum Gasteiger partial charge on any atom is 0.490 e. The van der Waals surface area contributed by atoms with Crippen LogP contribution in [-0.4, -0.2) is 105 Å². The number of alkyl halides is 3. The van der Waals surface area contributed by atoms with Gasteiger partial charge in [0.25, 0.3) is 11.5 Å². The molecule has 1 saturated heterocycles. The number of halogens is 3. The largest absolute Gasteiger partial charge is 0.490 e. The van der Waals surface area contributed by atoms with E-state index in [1.807, 2.05) is 44.2 Å². The molecule has 2 aromatic carbocycles. The number of rotatable bonds is 9. The number of aliphatic hydroxyl groups is 1. The number of aromatic amines is 1. The van der Waals surface area contributed by atoms with Gasteiger partial charge in [-0.05, 0) is 55.7 Å². The molecule has 0 aliphatic carbocycles. The van der Waals surface area contributed by atoms with E-state index >= 15 is 0 Å². The van der Waals surface area contributed by atoms with Crippen molar-refractivity contribution in [1.82, 2.24) is 24.7 Å². The monoisotopic (exact) mass is 619 g/mol. The van der Waals surface area contributed by atoms with Crippen molar-refractivity contribution in [3.05, 3.63) is 75.7 Å². The average Bonchev–Trinajstić information content (AvgIpc) is 3.40. The summed E-state index contributed by atoms with van der Waals surface area (Å²) < 4.78 is 31.7. The Balaban J connectivity index is 0.000000676. The number of fused-ring (bicyclic) bond motifs is 1. The summed E-state index contributed by atoms with van der Waals surface area (Å²) in [5.41, 5.74) is 3.20. The summed E-state index contributed by atoms with van der Waals surface area (Å²) >= 11 is 0. The molecule has 4 rings (SSSR count). The number of carbonyl (C=O) groups excluding carboxylic acids is 2. The number of carboxylic acids is 1. The van der Waals surface area contributed by atoms with Crippen LogP contribution in [0.1, 0.15) is 47.8 Å². The fraction of sp³-hybridized carbons (Fsp3) is 0.433. The molecule has 3 N–H and O–H groups in total. The first-order valence-electron chi connectivity index (χ1n) is 14.1. The number of carboxylic acid groups (broad SMARTS) is 1. The number of nitrogens with one attached hydrogen (secondary N) is 1. The third-order valence-corrected chi connectivity index (χ3v) is 7.35. The molecule has 1 aliphatic rings. The van der Waals surface area contributed by atoms with Crippen molar-refractivity contribution in [3.8, 4) is 0 Å². The SMILES string of the molecule is CCN(CC)C(=O)c1cccc([C@@H](CN2CC[C@@H](O)C2)N(C)C(=O)Cc2ccc3ncc(=O)[nH]c3c2)c1.O=C(O)C(F)(F)F. The predicted octanol–water partition coefficient (Wildman–Crippen LogP) is 2.85. The molecule has 2 heterocycles. The van der Waals surface area contributed by atoms with E-state index < -0.39 is 12.1 Å². The van der Waals surface area contributed by atoms with Crippen molar-refractivity contribution in [3.63, 3.8) is 0 Å². The number of hydrogen-bond donors (Lipinski definition) is 3. The molecule has 2 atom stereocenters. The smallest absolute Gasteiger partial charge is 0.475 e. The maximum absolute atomic E-state index is 13.5. The highest BCUT2D eigenvalue weighted by molar-refractivity contribution is 5.94. The molecule has 0 bridgehead atoms. The van der Waals surface area contributed by atoms with Gasteiger partial charge >= 0.3 is 12.1 Å². The lowest BCUT2D eigenvalue weighted by Crippen LogP contribution is -2.39. The summed E-state index contributed by atoms with van der Waals surface area (Å²) in [5, 5.41) is 17.2. The number of carbonyl (C=O) groups is 3. The lowest BCUT2D eigenvalue weighted by Gasteiger charge is -2.32. The number of β-amino-alcohol motifs (C(OH)–C–C–N with tert-alkyl or cyclic N) is 1. The van der Waals surface area contributed by atoms with Gasteiger partial charge in [0, 0.05) is 45.3 Å². The van der Waals surface area contributed by atoms with E-state index in [1.54, 1.807) is 29.0 Å². The fourth-order valence-corrected chi connectivity index (χ4v) is 4.92. The summed E-state index contributed by atoms with van der Waals surface area (Å²) in [4.78, 5) is 59.6. The lowest BCUT2D eigenvalue weighted by atomic mass is 10.0. The summed E-state index contributed by atoms with van der Waals surface area (Å²) in [6.45, 7) is 7.02. The Morgan fingerprint density at radius 2 is 1.82 bits per heavy atom. The molecule has 44 heavy (non-hydrogen) atoms. The molecular weight excluding hydrogens is 583 g/mol. The van der Waals surface area contributed by atoms with Gasteiger partial charge in [0.2, 0.25) is 5.91 Å². The minimum atomic E-state index is -5.08. The number of H-pyrrole nitrogens is 1. The van der Waals surface area contributed by atoms with Gasteiger partial charge in [-0.2, -0.15) is 13.2 Å². The number of hydrogen-bond acceptors (Lipinski definition) is 7. The Hall–Kier alpha value is -4.30. The van der Waals surface area contributed by atoms with Crippen LogP contribution in [0.3, 0.4) is 0 Å². The molecule has 3 aromatic rings. The number of benzene rings is 2. The van der Waals surface area contributed by atoms with E-state index in [4.69, 9.17) is 9.90 Å². The van der Waals surface area contributed by atoms with Crippen molar-refractivity contribution in [1.29, 1.82) is 0 Å². The summed E-state index contributed by atoms with van der Waals surface area (Å²) in [6, 6.07) is 12.6. The van der Waals surface area contributed by atoms with Gasteiger partial charge in [-0.3, -0.25) is 19.3 Å². The van der Waals surface area contributed by atoms with E-state index in [1.165, 1.54) is 6.20 Å². The first-order valence-corrected chi connectivity index (χ1v) is 14.1. The van der Waals surface area contributed by atoms with E-state index in [2.05, 4.69) is 14.9 Å². The fourth-order valence-electron chi connectivity index (χ4n) is 4.92. The van der Waals surface area contributed by atoms with Gasteiger partial charge in [0.15, 0.2) is 0 Å². The van der Waals surface area contributed by atoms with Crippen molar-refractivity contribution in [2.45, 2.75) is 45.0 Å². The van der Waals surface area contributed by atoms with Gasteiger partial charge in [-0.25, -0.2) is 9.78 Å². The number of likely N-dealkylation sites (N-methyl/N-ethyl adjacent to an activating group) is 1. The molecule has 0 unspecified atom stereocenters. The Kier molecular flexibility index (Phi) is 11.6. The van der Waals surface area contributed by atoms with E-state index in [0.717, 1.165) is 17.7 Å². The molecule has 1 aromatic heterocycles. The Bertz CT molecular complexity index is 1520. The average molecular weight is 620 g/mol. The van der Waals surface area contributed by atoms with Crippen LogP contribution < -0.4 is 5.56 Å². The highest BCUT2D eigenvalue weighted by atomic mass is 19.4. The summed E-state index contributed by atoms with van der Waals surface area (Å²) in [5.74, 6) is -2.88. The molecule has 11 nitrogen and oxygen atoms in total. The Morgan fingerprint density at radius 3 is 2.41 bits per heavy atom. The number of aliphatic hydroxyl groups excluding tert-OH is 1. The van der Waals surface area contributed by atoms with Crippen LogP contribution in [0.2, 0.25) is 0 Å². The molecule has 14 heteroatoms. The number of amides is 2. The second-order valence-corrected chi connectivity index (χ2v) is 10.4. The second-order valence-electron chi connectivity index (χ2n) is 10.4. The third-order valence-electron chi connectivity index (χ3n) is 7.35. The van der Waals surface area contributed by atoms with Gasteiger partial charge < -0.3 is 25.0 Å². The molecule has 2 amide bonds. The normalized spacial score (nSPS) is 15.8. The molecule has 0 saturated carbocycles. The highest BCUT2D eigenvalue weighted by Crippen LogP contribution is 2.26. The van der Waals surface area contributed by atoms with E-state index in [0.29, 0.717) is 49.2 Å². The summed E-state index contributed by atoms with van der Waals surface area (Å²) in [6.07, 6.45) is -3.36. The second kappa shape index (κ2) is 14.9. The predicted molar refractivity (Wildman–Crippen MR) is 156 cm³/mol. The van der Waals surface area contributed by atoms with Gasteiger partial charge in [-0.1, -0.05) is 18.2 Å². The molecule has 1 aliphatic heterocycles. The number of nitrogens with zero attached hydrogens (tertiary/aromatic N) is 4. The quantitative estimate of drug-likeness (QED) is 0.332. The van der Waals surface area contributed by atoms with Gasteiger partial charge in [-0.15, -0.1) is 0 Å². The molecule has 0 spiro atoms. The van der Waals surface area contributed by atoms with Crippen LogP contribution in [0.5, 0.6) is 0 Å². The molecule has 1 fully saturated rings. The molecular formula is C30H36F3N5O6. The van der Waals surface area contributed by atoms with Crippen LogP contribution in [0, 0.1) is 0 Å². The third kappa shape index (κ3) is 9.10. The van der Waals surface area contributed by atoms with Crippen LogP contribution >= 0.6 is 0 Å². The van der Waals surface area contributed by atoms with Crippen molar-refractivity contribution in [2.24, 2.45) is 0 Å². The Morgan fingerprint density at radius 1 is 1.14 bits per heavy atom. The van der Waals surface area contributed by atoms with Crippen LogP contribution in [0.25, 0.3) is 11.0 Å². The number of likely N-dealkylation sites (tertiary alicyclic amines) is 1. The zero-order valence-corrected chi connectivity index (χ0v) is 24.7.